The van der Waals surface area contributed by atoms with E-state index in [1.165, 1.54) is 0 Å². The van der Waals surface area contributed by atoms with Crippen molar-refractivity contribution in [2.24, 2.45) is 5.92 Å². The van der Waals surface area contributed by atoms with Crippen molar-refractivity contribution in [1.82, 2.24) is 0 Å². The van der Waals surface area contributed by atoms with Crippen LogP contribution in [-0.4, -0.2) is 26.6 Å². The van der Waals surface area contributed by atoms with Gasteiger partial charge in [0.15, 0.2) is 0 Å². The number of benzene rings is 1. The second kappa shape index (κ2) is 5.90. The molecular weight excluding hydrogens is 284 g/mol. The molecule has 0 aromatic heterocycles. The van der Waals surface area contributed by atoms with Gasteiger partial charge in [0.1, 0.15) is 12.7 Å². The molecule has 7 heteroatoms. The largest absolute Gasteiger partial charge is 0.459 e. The third kappa shape index (κ3) is 3.56. The van der Waals surface area contributed by atoms with Gasteiger partial charge in [0, 0.05) is 0 Å². The van der Waals surface area contributed by atoms with Gasteiger partial charge in [-0.05, 0) is 11.5 Å². The third-order valence-electron chi connectivity index (χ3n) is 2.86. The summed E-state index contributed by atoms with van der Waals surface area (Å²) in [7, 11) is -4.12. The molecule has 0 spiro atoms. The molecule has 1 fully saturated rings. The van der Waals surface area contributed by atoms with Crippen molar-refractivity contribution in [3.05, 3.63) is 35.9 Å². The van der Waals surface area contributed by atoms with E-state index >= 15 is 0 Å². The van der Waals surface area contributed by atoms with Crippen LogP contribution in [0.4, 0.5) is 0 Å². The summed E-state index contributed by atoms with van der Waals surface area (Å²) in [5.74, 6) is -0.935. The maximum absolute atomic E-state index is 11.9. The lowest BCUT2D eigenvalue weighted by Crippen LogP contribution is -2.36. The molecule has 2 atom stereocenters. The Bertz CT molecular complexity index is 566. The van der Waals surface area contributed by atoms with E-state index in [0.29, 0.717) is 0 Å². The van der Waals surface area contributed by atoms with Crippen molar-refractivity contribution in [1.29, 1.82) is 0 Å². The number of hydrogen-bond donors (Lipinski definition) is 0. The first-order valence-corrected chi connectivity index (χ1v) is 7.54. The Morgan fingerprint density at radius 2 is 1.90 bits per heavy atom. The van der Waals surface area contributed by atoms with Crippen LogP contribution < -0.4 is 0 Å². The highest BCUT2D eigenvalue weighted by atomic mass is 32.3. The first-order valence-electron chi connectivity index (χ1n) is 6.21. The predicted molar refractivity (Wildman–Crippen MR) is 69.7 cm³/mol. The third-order valence-corrected chi connectivity index (χ3v) is 3.76. The summed E-state index contributed by atoms with van der Waals surface area (Å²) >= 11 is 0. The van der Waals surface area contributed by atoms with Gasteiger partial charge in [-0.2, -0.15) is 8.42 Å². The van der Waals surface area contributed by atoms with Crippen molar-refractivity contribution in [3.63, 3.8) is 0 Å². The summed E-state index contributed by atoms with van der Waals surface area (Å²) in [6, 6.07) is 9.09. The van der Waals surface area contributed by atoms with Crippen LogP contribution in [0.5, 0.6) is 0 Å². The van der Waals surface area contributed by atoms with Crippen LogP contribution in [-0.2, 0) is 34.9 Å². The van der Waals surface area contributed by atoms with E-state index < -0.39 is 28.6 Å². The summed E-state index contributed by atoms with van der Waals surface area (Å²) in [5.41, 5.74) is 0.809. The van der Waals surface area contributed by atoms with Gasteiger partial charge in [0.25, 0.3) is 0 Å². The fourth-order valence-corrected chi connectivity index (χ4v) is 2.92. The quantitative estimate of drug-likeness (QED) is 0.782. The number of rotatable bonds is 4. The molecule has 1 unspecified atom stereocenters. The maximum Gasteiger partial charge on any atom is 0.401 e. The molecular formula is C13H16O6S. The molecule has 2 rings (SSSR count). The summed E-state index contributed by atoms with van der Waals surface area (Å²) < 4.78 is 37.0. The number of esters is 1. The van der Waals surface area contributed by atoms with E-state index in [4.69, 9.17) is 8.92 Å². The highest BCUT2D eigenvalue weighted by molar-refractivity contribution is 7.82. The molecule has 0 saturated carbocycles. The van der Waals surface area contributed by atoms with E-state index in [9.17, 15) is 13.2 Å². The Morgan fingerprint density at radius 1 is 1.25 bits per heavy atom. The molecule has 1 aromatic carbocycles. The highest BCUT2D eigenvalue weighted by Crippen LogP contribution is 2.27. The molecule has 1 heterocycles. The number of hydrogen-bond acceptors (Lipinski definition) is 6. The molecule has 0 aliphatic carbocycles. The summed E-state index contributed by atoms with van der Waals surface area (Å²) in [4.78, 5) is 11.9. The zero-order valence-electron chi connectivity index (χ0n) is 11.2. The Hall–Kier alpha value is -1.44. The molecule has 1 aliphatic rings. The van der Waals surface area contributed by atoms with Gasteiger partial charge in [0.2, 0.25) is 6.10 Å². The minimum Gasteiger partial charge on any atom is -0.459 e. The van der Waals surface area contributed by atoms with Crippen molar-refractivity contribution in [2.45, 2.75) is 32.7 Å². The van der Waals surface area contributed by atoms with E-state index in [1.54, 1.807) is 26.0 Å². The lowest BCUT2D eigenvalue weighted by atomic mass is 10.0. The van der Waals surface area contributed by atoms with Gasteiger partial charge in [-0.25, -0.2) is 13.2 Å². The molecule has 110 valence electrons. The van der Waals surface area contributed by atoms with Crippen LogP contribution >= 0.6 is 0 Å². The van der Waals surface area contributed by atoms with Crippen molar-refractivity contribution in [3.8, 4) is 0 Å². The SMILES string of the molecule is CC(C)C1OS(=O)(=O)O[C@@H]1C(=O)OCc1ccccc1. The van der Waals surface area contributed by atoms with E-state index in [2.05, 4.69) is 4.18 Å². The molecule has 1 saturated heterocycles. The van der Waals surface area contributed by atoms with Crippen molar-refractivity contribution in [2.75, 3.05) is 0 Å². The lowest BCUT2D eigenvalue weighted by Gasteiger charge is -2.16. The predicted octanol–water partition coefficient (Wildman–Crippen LogP) is 1.41. The monoisotopic (exact) mass is 300 g/mol. The molecule has 1 aliphatic heterocycles. The first kappa shape index (κ1) is 15.0. The number of carbonyl (C=O) groups is 1. The second-order valence-corrected chi connectivity index (χ2v) is 6.02. The van der Waals surface area contributed by atoms with Crippen LogP contribution in [0, 0.1) is 5.92 Å². The molecule has 0 N–H and O–H groups in total. The van der Waals surface area contributed by atoms with Crippen LogP contribution in [0.25, 0.3) is 0 Å². The normalized spacial score (nSPS) is 24.8. The van der Waals surface area contributed by atoms with Crippen molar-refractivity contribution < 1.29 is 26.3 Å². The summed E-state index contributed by atoms with van der Waals surface area (Å²) in [5, 5.41) is 0. The van der Waals surface area contributed by atoms with Gasteiger partial charge < -0.3 is 4.74 Å². The summed E-state index contributed by atoms with van der Waals surface area (Å²) in [6.45, 7) is 3.54. The lowest BCUT2D eigenvalue weighted by molar-refractivity contribution is -0.155. The first-order chi connectivity index (χ1) is 9.39. The van der Waals surface area contributed by atoms with Gasteiger partial charge in [0.05, 0.1) is 0 Å². The Kier molecular flexibility index (Phi) is 4.42. The van der Waals surface area contributed by atoms with Gasteiger partial charge in [-0.1, -0.05) is 44.2 Å². The Morgan fingerprint density at radius 3 is 2.50 bits per heavy atom. The Balaban J connectivity index is 2.01. The Labute approximate surface area is 118 Å². The average molecular weight is 300 g/mol. The fraction of sp³-hybridized carbons (Fsp3) is 0.462. The summed E-state index contributed by atoms with van der Waals surface area (Å²) in [6.07, 6.45) is -2.10. The van der Waals surface area contributed by atoms with Gasteiger partial charge in [-0.15, -0.1) is 0 Å². The van der Waals surface area contributed by atoms with Crippen molar-refractivity contribution >= 4 is 16.4 Å². The molecule has 0 radical (unpaired) electrons. The number of carbonyl (C=O) groups excluding carboxylic acids is 1. The van der Waals surface area contributed by atoms with Crippen LogP contribution in [0.3, 0.4) is 0 Å². The zero-order chi connectivity index (χ0) is 14.8. The maximum atomic E-state index is 11.9. The van der Waals surface area contributed by atoms with Crippen LogP contribution in [0.2, 0.25) is 0 Å². The van der Waals surface area contributed by atoms with Gasteiger partial charge >= 0.3 is 16.4 Å². The second-order valence-electron chi connectivity index (χ2n) is 4.82. The topological polar surface area (TPSA) is 78.9 Å². The highest BCUT2D eigenvalue weighted by Gasteiger charge is 2.47. The molecule has 0 amide bonds. The molecule has 6 nitrogen and oxygen atoms in total. The van der Waals surface area contributed by atoms with Gasteiger partial charge in [-0.3, -0.25) is 0 Å². The minimum absolute atomic E-state index is 0.0599. The molecule has 1 aromatic rings. The smallest absolute Gasteiger partial charge is 0.401 e. The van der Waals surface area contributed by atoms with E-state index in [1.807, 2.05) is 18.2 Å². The van der Waals surface area contributed by atoms with E-state index in [-0.39, 0.29) is 12.5 Å². The number of ether oxygens (including phenoxy) is 1. The van der Waals surface area contributed by atoms with Crippen LogP contribution in [0.15, 0.2) is 30.3 Å². The van der Waals surface area contributed by atoms with E-state index in [0.717, 1.165) is 5.56 Å². The fourth-order valence-electron chi connectivity index (χ4n) is 1.84. The van der Waals surface area contributed by atoms with Crippen LogP contribution in [0.1, 0.15) is 19.4 Å². The average Bonchev–Trinajstić information content (AvgIpc) is 2.74. The minimum atomic E-state index is -4.12. The zero-order valence-corrected chi connectivity index (χ0v) is 12.0. The molecule has 20 heavy (non-hydrogen) atoms. The molecule has 0 bridgehead atoms. The standard InChI is InChI=1S/C13H16O6S/c1-9(2)11-12(19-20(15,16)18-11)13(14)17-8-10-6-4-3-5-7-10/h3-7,9,11-12H,8H2,1-2H3/t11?,12-/m0/s1.